The van der Waals surface area contributed by atoms with Crippen LogP contribution in [0.15, 0.2) is 35.1 Å². The van der Waals surface area contributed by atoms with Gasteiger partial charge in [0.1, 0.15) is 6.04 Å². The average molecular weight is 433 g/mol. The lowest BCUT2D eigenvalue weighted by atomic mass is 10.2. The third-order valence-electron chi connectivity index (χ3n) is 5.16. The molecule has 1 atom stereocenters. The van der Waals surface area contributed by atoms with E-state index >= 15 is 0 Å². The van der Waals surface area contributed by atoms with Gasteiger partial charge >= 0.3 is 0 Å². The Bertz CT molecular complexity index is 1120. The van der Waals surface area contributed by atoms with Crippen LogP contribution in [-0.4, -0.2) is 33.0 Å². The third-order valence-corrected chi connectivity index (χ3v) is 6.15. The molecule has 1 unspecified atom stereocenters. The zero-order valence-corrected chi connectivity index (χ0v) is 17.2. The zero-order valence-electron chi connectivity index (χ0n) is 16.3. The van der Waals surface area contributed by atoms with Gasteiger partial charge in [0.05, 0.1) is 0 Å². The number of fused-ring (bicyclic) bond motifs is 1. The number of hydrogen-bond donors (Lipinski definition) is 1. The zero-order chi connectivity index (χ0) is 21.3. The Balaban J connectivity index is 1.60. The van der Waals surface area contributed by atoms with Gasteiger partial charge in [-0.2, -0.15) is 0 Å². The maximum atomic E-state index is 13.3. The molecule has 3 aromatic rings. The summed E-state index contributed by atoms with van der Waals surface area (Å²) in [7, 11) is 0. The van der Waals surface area contributed by atoms with Crippen molar-refractivity contribution < 1.29 is 13.6 Å². The van der Waals surface area contributed by atoms with Gasteiger partial charge in [-0.1, -0.05) is 41.7 Å². The number of anilines is 1. The Labute approximate surface area is 175 Å². The lowest BCUT2D eigenvalue weighted by Crippen LogP contribution is -2.43. The maximum Gasteiger partial charge on any atom is 0.295 e. The molecule has 1 aromatic carbocycles. The van der Waals surface area contributed by atoms with Crippen LogP contribution < -0.4 is 15.8 Å². The molecule has 1 N–H and O–H groups in total. The number of hydrogen-bond acceptors (Lipinski definition) is 6. The Morgan fingerprint density at radius 3 is 2.77 bits per heavy atom. The number of nitrogens with zero attached hydrogens (tertiary/aromatic N) is 4. The number of rotatable bonds is 6. The molecule has 1 amide bonds. The summed E-state index contributed by atoms with van der Waals surface area (Å²) in [6, 6.07) is 9.19. The summed E-state index contributed by atoms with van der Waals surface area (Å²) in [5, 5.41) is 3.40. The van der Waals surface area contributed by atoms with Gasteiger partial charge in [0.2, 0.25) is 5.91 Å². The first-order valence-electron chi connectivity index (χ1n) is 9.77. The molecule has 3 heterocycles. The highest BCUT2D eigenvalue weighted by atomic mass is 32.1. The number of amides is 1. The predicted molar refractivity (Wildman–Crippen MR) is 111 cm³/mol. The summed E-state index contributed by atoms with van der Waals surface area (Å²) in [6.45, 7) is 2.72. The first-order valence-corrected chi connectivity index (χ1v) is 10.6. The molecule has 0 spiro atoms. The van der Waals surface area contributed by atoms with E-state index in [1.807, 2.05) is 35.2 Å². The molecule has 4 rings (SSSR count). The van der Waals surface area contributed by atoms with Crippen LogP contribution in [0.1, 0.15) is 37.6 Å². The highest BCUT2D eigenvalue weighted by molar-refractivity contribution is 7.21. The SMILES string of the molecule is CCn1c(C(F)F)nc2sc(N3CCCC3C(=O)NCc3ccccc3)nc2c1=O. The van der Waals surface area contributed by atoms with Gasteiger partial charge in [0, 0.05) is 19.6 Å². The van der Waals surface area contributed by atoms with Crippen molar-refractivity contribution in [2.24, 2.45) is 0 Å². The van der Waals surface area contributed by atoms with Gasteiger partial charge < -0.3 is 10.2 Å². The molecule has 1 fully saturated rings. The van der Waals surface area contributed by atoms with Gasteiger partial charge in [-0.3, -0.25) is 14.2 Å². The molecule has 1 saturated heterocycles. The Hall–Kier alpha value is -2.88. The minimum atomic E-state index is -2.85. The molecule has 10 heteroatoms. The maximum absolute atomic E-state index is 13.3. The van der Waals surface area contributed by atoms with Crippen molar-refractivity contribution in [3.05, 3.63) is 52.1 Å². The molecule has 0 radical (unpaired) electrons. The first-order chi connectivity index (χ1) is 14.5. The lowest BCUT2D eigenvalue weighted by Gasteiger charge is -2.23. The van der Waals surface area contributed by atoms with Crippen molar-refractivity contribution in [1.82, 2.24) is 19.9 Å². The standard InChI is InChI=1S/C20H21F2N5O2S/c1-2-26-16(15(21)22)25-18-14(19(26)29)24-20(30-18)27-10-6-9-13(27)17(28)23-11-12-7-4-3-5-8-12/h3-5,7-8,13,15H,2,6,9-11H2,1H3,(H,23,28). The summed E-state index contributed by atoms with van der Waals surface area (Å²) in [5.74, 6) is -0.674. The van der Waals surface area contributed by atoms with Crippen LogP contribution in [0.4, 0.5) is 13.9 Å². The van der Waals surface area contributed by atoms with E-state index in [-0.39, 0.29) is 22.8 Å². The number of carbonyl (C=O) groups excluding carboxylic acids is 1. The minimum Gasteiger partial charge on any atom is -0.350 e. The average Bonchev–Trinajstić information content (AvgIpc) is 3.39. The molecule has 1 aliphatic rings. The predicted octanol–water partition coefficient (Wildman–Crippen LogP) is 3.10. The highest BCUT2D eigenvalue weighted by Crippen LogP contribution is 2.32. The number of halogens is 2. The first kappa shape index (κ1) is 20.4. The van der Waals surface area contributed by atoms with Gasteiger partial charge in [-0.15, -0.1) is 0 Å². The number of carbonyl (C=O) groups is 1. The van der Waals surface area contributed by atoms with Crippen LogP contribution in [0, 0.1) is 0 Å². The van der Waals surface area contributed by atoms with E-state index in [2.05, 4.69) is 15.3 Å². The Morgan fingerprint density at radius 1 is 1.30 bits per heavy atom. The lowest BCUT2D eigenvalue weighted by molar-refractivity contribution is -0.122. The van der Waals surface area contributed by atoms with Crippen LogP contribution in [0.25, 0.3) is 10.3 Å². The van der Waals surface area contributed by atoms with E-state index in [0.29, 0.717) is 24.6 Å². The van der Waals surface area contributed by atoms with Crippen molar-refractivity contribution in [2.45, 2.75) is 45.3 Å². The van der Waals surface area contributed by atoms with Gasteiger partial charge in [0.15, 0.2) is 21.3 Å². The second-order valence-corrected chi connectivity index (χ2v) is 7.98. The Kier molecular flexibility index (Phi) is 5.76. The monoisotopic (exact) mass is 433 g/mol. The molecule has 0 bridgehead atoms. The second kappa shape index (κ2) is 8.47. The van der Waals surface area contributed by atoms with Crippen molar-refractivity contribution in [1.29, 1.82) is 0 Å². The van der Waals surface area contributed by atoms with E-state index in [1.165, 1.54) is 0 Å². The molecule has 7 nitrogen and oxygen atoms in total. The highest BCUT2D eigenvalue weighted by Gasteiger charge is 2.33. The topological polar surface area (TPSA) is 80.1 Å². The molecular weight excluding hydrogens is 412 g/mol. The van der Waals surface area contributed by atoms with Crippen molar-refractivity contribution in [2.75, 3.05) is 11.4 Å². The molecule has 30 heavy (non-hydrogen) atoms. The molecular formula is C20H21F2N5O2S. The van der Waals surface area contributed by atoms with E-state index in [0.717, 1.165) is 27.9 Å². The van der Waals surface area contributed by atoms with Crippen LogP contribution in [-0.2, 0) is 17.9 Å². The third kappa shape index (κ3) is 3.79. The summed E-state index contributed by atoms with van der Waals surface area (Å²) in [6.07, 6.45) is -1.39. The number of benzene rings is 1. The molecule has 0 aliphatic carbocycles. The van der Waals surface area contributed by atoms with Crippen LogP contribution in [0.5, 0.6) is 0 Å². The van der Waals surface area contributed by atoms with Crippen LogP contribution in [0.2, 0.25) is 0 Å². The smallest absolute Gasteiger partial charge is 0.295 e. The van der Waals surface area contributed by atoms with Gasteiger partial charge in [-0.25, -0.2) is 18.7 Å². The number of aromatic nitrogens is 3. The van der Waals surface area contributed by atoms with Crippen molar-refractivity contribution >= 4 is 32.7 Å². The van der Waals surface area contributed by atoms with E-state index in [9.17, 15) is 18.4 Å². The van der Waals surface area contributed by atoms with E-state index < -0.39 is 23.9 Å². The summed E-state index contributed by atoms with van der Waals surface area (Å²) in [5.41, 5.74) is 0.486. The van der Waals surface area contributed by atoms with Crippen LogP contribution >= 0.6 is 11.3 Å². The fourth-order valence-corrected chi connectivity index (χ4v) is 4.69. The molecule has 1 aliphatic heterocycles. The van der Waals surface area contributed by atoms with Crippen molar-refractivity contribution in [3.8, 4) is 0 Å². The van der Waals surface area contributed by atoms with Crippen molar-refractivity contribution in [3.63, 3.8) is 0 Å². The molecule has 158 valence electrons. The second-order valence-electron chi connectivity index (χ2n) is 7.03. The largest absolute Gasteiger partial charge is 0.350 e. The number of alkyl halides is 2. The minimum absolute atomic E-state index is 0.0663. The van der Waals surface area contributed by atoms with Crippen LogP contribution in [0.3, 0.4) is 0 Å². The number of thiazole rings is 1. The van der Waals surface area contributed by atoms with E-state index in [4.69, 9.17) is 0 Å². The summed E-state index contributed by atoms with van der Waals surface area (Å²) in [4.78, 5) is 35.8. The fourth-order valence-electron chi connectivity index (χ4n) is 3.68. The fraction of sp³-hybridized carbons (Fsp3) is 0.400. The summed E-state index contributed by atoms with van der Waals surface area (Å²) >= 11 is 1.07. The quantitative estimate of drug-likeness (QED) is 0.646. The molecule has 2 aromatic heterocycles. The Morgan fingerprint density at radius 2 is 2.07 bits per heavy atom. The van der Waals surface area contributed by atoms with E-state index in [1.54, 1.807) is 6.92 Å². The summed E-state index contributed by atoms with van der Waals surface area (Å²) < 4.78 is 27.6. The molecule has 0 saturated carbocycles. The normalized spacial score (nSPS) is 16.5. The number of nitrogens with one attached hydrogen (secondary N) is 1. The van der Waals surface area contributed by atoms with Gasteiger partial charge in [0.25, 0.3) is 12.0 Å². The van der Waals surface area contributed by atoms with Gasteiger partial charge in [-0.05, 0) is 25.3 Å².